The van der Waals surface area contributed by atoms with Crippen LogP contribution >= 0.6 is 7.82 Å². The summed E-state index contributed by atoms with van der Waals surface area (Å²) >= 11 is 0. The zero-order chi connectivity index (χ0) is 23.3. The van der Waals surface area contributed by atoms with Crippen molar-refractivity contribution >= 4 is 30.9 Å². The van der Waals surface area contributed by atoms with E-state index in [4.69, 9.17) is 14.5 Å². The summed E-state index contributed by atoms with van der Waals surface area (Å²) in [6.07, 6.45) is -3.79. The van der Waals surface area contributed by atoms with E-state index in [1.54, 1.807) is 0 Å². The van der Waals surface area contributed by atoms with Crippen LogP contribution < -0.4 is 74.9 Å². The third-order valence-corrected chi connectivity index (χ3v) is 4.40. The first-order valence-corrected chi connectivity index (χ1v) is 9.95. The van der Waals surface area contributed by atoms with Gasteiger partial charge in [0.05, 0.1) is 19.3 Å². The second kappa shape index (κ2) is 14.0. The SMILES string of the molecule is O=C([O-])CCC(=O)[O-].O=c1[nH]cnc2c1ncn2[C@@H]1O[C@H](COP(=O)(O)O)[C@@H](O)[C@H]1O.[Na+].[Na+]. The number of H-pyrrole nitrogens is 1. The molecule has 33 heavy (non-hydrogen) atoms. The number of carboxylic acid groups (broad SMARTS) is 2. The number of aromatic amines is 1. The summed E-state index contributed by atoms with van der Waals surface area (Å²) in [6, 6.07) is 0. The first kappa shape index (κ1) is 32.3. The Morgan fingerprint density at radius 2 is 1.73 bits per heavy atom. The number of hydrogen-bond acceptors (Lipinski definition) is 12. The average Bonchev–Trinajstić information content (AvgIpc) is 3.21. The molecule has 16 nitrogen and oxygen atoms in total. The van der Waals surface area contributed by atoms with Crippen molar-refractivity contribution in [1.82, 2.24) is 19.5 Å². The number of aromatic nitrogens is 4. The molecule has 0 unspecified atom stereocenters. The van der Waals surface area contributed by atoms with Crippen LogP contribution in [0, 0.1) is 0 Å². The molecule has 0 saturated carbocycles. The van der Waals surface area contributed by atoms with Gasteiger partial charge in [0.15, 0.2) is 17.4 Å². The van der Waals surface area contributed by atoms with Gasteiger partial charge >= 0.3 is 66.9 Å². The minimum atomic E-state index is -4.74. The monoisotopic (exact) mass is 510 g/mol. The Morgan fingerprint density at radius 3 is 2.24 bits per heavy atom. The molecule has 0 spiro atoms. The molecule has 19 heteroatoms. The van der Waals surface area contributed by atoms with E-state index in [1.165, 1.54) is 10.9 Å². The zero-order valence-corrected chi connectivity index (χ0v) is 22.3. The van der Waals surface area contributed by atoms with E-state index in [2.05, 4.69) is 19.5 Å². The van der Waals surface area contributed by atoms with Crippen LogP contribution in [0.1, 0.15) is 19.1 Å². The maximum atomic E-state index is 11.6. The number of imidazole rings is 1. The average molecular weight is 510 g/mol. The van der Waals surface area contributed by atoms with E-state index in [0.29, 0.717) is 0 Å². The summed E-state index contributed by atoms with van der Waals surface area (Å²) in [7, 11) is -4.74. The van der Waals surface area contributed by atoms with Gasteiger partial charge in [0.25, 0.3) is 5.56 Å². The number of phosphoric acid groups is 1. The second-order valence-electron chi connectivity index (χ2n) is 6.13. The van der Waals surface area contributed by atoms with Crippen molar-refractivity contribution < 1.29 is 113 Å². The van der Waals surface area contributed by atoms with E-state index >= 15 is 0 Å². The molecule has 5 N–H and O–H groups in total. The molecule has 0 aromatic carbocycles. The number of ether oxygens (including phenoxy) is 1. The molecular formula is C14H17N4Na2O12P. The van der Waals surface area contributed by atoms with Crippen molar-refractivity contribution in [3.05, 3.63) is 23.0 Å². The maximum Gasteiger partial charge on any atom is 1.00 e. The summed E-state index contributed by atoms with van der Waals surface area (Å²) in [5, 5.41) is 39.0. The fourth-order valence-electron chi connectivity index (χ4n) is 2.52. The van der Waals surface area contributed by atoms with Gasteiger partial charge in [-0.05, 0) is 12.8 Å². The molecule has 1 saturated heterocycles. The topological polar surface area (TPSA) is 260 Å². The van der Waals surface area contributed by atoms with Gasteiger partial charge in [-0.2, -0.15) is 0 Å². The van der Waals surface area contributed by atoms with Crippen LogP contribution in [0.4, 0.5) is 0 Å². The molecule has 1 fully saturated rings. The Kier molecular flexibility index (Phi) is 13.7. The zero-order valence-electron chi connectivity index (χ0n) is 17.4. The summed E-state index contributed by atoms with van der Waals surface area (Å²) in [5.41, 5.74) is -0.336. The number of nitrogens with one attached hydrogen (secondary N) is 1. The Labute approximate surface area is 228 Å². The Hall–Kier alpha value is -0.720. The number of hydrogen-bond donors (Lipinski definition) is 5. The summed E-state index contributed by atoms with van der Waals surface area (Å²) in [4.78, 5) is 58.1. The summed E-state index contributed by atoms with van der Waals surface area (Å²) in [5.74, 6) is -2.73. The molecule has 172 valence electrons. The van der Waals surface area contributed by atoms with Gasteiger partial charge in [-0.3, -0.25) is 13.9 Å². The normalized spacial score (nSPS) is 21.9. The van der Waals surface area contributed by atoms with E-state index < -0.39 is 69.3 Å². The minimum absolute atomic E-state index is 0. The van der Waals surface area contributed by atoms with Gasteiger partial charge in [0.2, 0.25) is 0 Å². The first-order valence-electron chi connectivity index (χ1n) is 8.42. The quantitative estimate of drug-likeness (QED) is 0.171. The molecule has 0 aliphatic carbocycles. The van der Waals surface area contributed by atoms with Crippen LogP contribution in [0.3, 0.4) is 0 Å². The van der Waals surface area contributed by atoms with E-state index in [9.17, 15) is 39.4 Å². The Morgan fingerprint density at radius 1 is 1.15 bits per heavy atom. The van der Waals surface area contributed by atoms with Crippen molar-refractivity contribution in [3.63, 3.8) is 0 Å². The molecule has 4 atom stereocenters. The Bertz CT molecular complexity index is 1030. The van der Waals surface area contributed by atoms with Crippen molar-refractivity contribution in [3.8, 4) is 0 Å². The fourth-order valence-corrected chi connectivity index (χ4v) is 2.86. The molecule has 1 aliphatic rings. The number of carbonyl (C=O) groups is 2. The van der Waals surface area contributed by atoms with E-state index in [1.807, 2.05) is 0 Å². The molecule has 1 aliphatic heterocycles. The van der Waals surface area contributed by atoms with Gasteiger partial charge in [-0.15, -0.1) is 0 Å². The van der Waals surface area contributed by atoms with Crippen molar-refractivity contribution in [2.45, 2.75) is 37.4 Å². The van der Waals surface area contributed by atoms with Crippen LogP contribution in [-0.4, -0.2) is 76.4 Å². The first-order chi connectivity index (χ1) is 14.4. The molecule has 2 aromatic rings. The van der Waals surface area contributed by atoms with Crippen LogP contribution in [0.15, 0.2) is 17.4 Å². The van der Waals surface area contributed by atoms with Gasteiger partial charge < -0.3 is 49.5 Å². The van der Waals surface area contributed by atoms with Crippen LogP contribution in [0.25, 0.3) is 11.2 Å². The fraction of sp³-hybridized carbons (Fsp3) is 0.500. The number of carbonyl (C=O) groups excluding carboxylic acids is 2. The molecule has 0 bridgehead atoms. The maximum absolute atomic E-state index is 11.6. The number of fused-ring (bicyclic) bond motifs is 1. The van der Waals surface area contributed by atoms with Crippen LogP contribution in [0.2, 0.25) is 0 Å². The number of aliphatic hydroxyl groups excluding tert-OH is 2. The predicted octanol–water partition coefficient (Wildman–Crippen LogP) is -10.9. The van der Waals surface area contributed by atoms with Crippen LogP contribution in [-0.2, 0) is 23.4 Å². The van der Waals surface area contributed by atoms with E-state index in [0.717, 1.165) is 6.33 Å². The number of nitrogens with zero attached hydrogens (tertiary/aromatic N) is 3. The number of phosphoric ester groups is 1. The van der Waals surface area contributed by atoms with E-state index in [-0.39, 0.29) is 70.3 Å². The minimum Gasteiger partial charge on any atom is -0.550 e. The number of aliphatic carboxylic acids is 2. The van der Waals surface area contributed by atoms with Gasteiger partial charge in [-0.25, -0.2) is 14.5 Å². The molecule has 3 heterocycles. The summed E-state index contributed by atoms with van der Waals surface area (Å²) < 4.78 is 21.6. The largest absolute Gasteiger partial charge is 1.00 e. The third kappa shape index (κ3) is 9.45. The number of aliphatic hydroxyl groups is 2. The predicted molar refractivity (Wildman–Crippen MR) is 91.3 cm³/mol. The summed E-state index contributed by atoms with van der Waals surface area (Å²) in [6.45, 7) is -0.625. The van der Waals surface area contributed by atoms with Gasteiger partial charge in [-0.1, -0.05) is 0 Å². The van der Waals surface area contributed by atoms with Crippen LogP contribution in [0.5, 0.6) is 0 Å². The number of carboxylic acids is 2. The van der Waals surface area contributed by atoms with Crippen molar-refractivity contribution in [2.75, 3.05) is 6.61 Å². The molecule has 2 aromatic heterocycles. The molecular weight excluding hydrogens is 493 g/mol. The smallest absolute Gasteiger partial charge is 0.550 e. The van der Waals surface area contributed by atoms with Crippen molar-refractivity contribution in [2.24, 2.45) is 0 Å². The third-order valence-electron chi connectivity index (χ3n) is 3.92. The Balaban J connectivity index is 0.000000890. The standard InChI is InChI=1S/C10H13N4O8P.C4H6O4.2Na/c15-6-4(1-21-23(18,19)20)22-10(7(6)16)14-3-13-5-8(14)11-2-12-9(5)17;5-3(6)1-2-4(7)8;;/h2-4,6-7,10,15-16H,1H2,(H,11,12,17)(H2,18,19,20);1-2H2,(H,5,6)(H,7,8);;/q;;2*+1/p-2/t4-,6-,7-,10-;;;/m1.../s1. The van der Waals surface area contributed by atoms with Gasteiger partial charge in [0.1, 0.15) is 18.3 Å². The molecule has 0 amide bonds. The molecule has 0 radical (unpaired) electrons. The molecule has 3 rings (SSSR count). The number of rotatable bonds is 7. The second-order valence-corrected chi connectivity index (χ2v) is 7.37. The van der Waals surface area contributed by atoms with Gasteiger partial charge in [0, 0.05) is 11.9 Å². The van der Waals surface area contributed by atoms with Crippen molar-refractivity contribution in [1.29, 1.82) is 0 Å².